The number of hydrogen-bond acceptors (Lipinski definition) is 5. The summed E-state index contributed by atoms with van der Waals surface area (Å²) in [5, 5.41) is 2.75. The van der Waals surface area contributed by atoms with Gasteiger partial charge in [0.2, 0.25) is 0 Å². The van der Waals surface area contributed by atoms with Crippen LogP contribution in [0.25, 0.3) is 0 Å². The molecule has 22 heavy (non-hydrogen) atoms. The van der Waals surface area contributed by atoms with Crippen LogP contribution in [0.1, 0.15) is 34.3 Å². The first-order valence-electron chi connectivity index (χ1n) is 7.23. The van der Waals surface area contributed by atoms with Crippen LogP contribution in [0.15, 0.2) is 18.2 Å². The largest absolute Gasteiger partial charge is 0.326 e. The van der Waals surface area contributed by atoms with E-state index in [1.807, 2.05) is 26.2 Å². The molecule has 0 saturated heterocycles. The molecule has 1 aliphatic heterocycles. The van der Waals surface area contributed by atoms with Gasteiger partial charge in [0.05, 0.1) is 6.04 Å². The summed E-state index contributed by atoms with van der Waals surface area (Å²) >= 11 is 0. The number of benzene rings is 1. The Morgan fingerprint density at radius 1 is 1.36 bits per heavy atom. The minimum Gasteiger partial charge on any atom is -0.326 e. The summed E-state index contributed by atoms with van der Waals surface area (Å²) < 4.78 is 0. The molecule has 120 valence electrons. The van der Waals surface area contributed by atoms with E-state index in [1.165, 1.54) is 4.90 Å². The maximum Gasteiger partial charge on any atom is 0.255 e. The van der Waals surface area contributed by atoms with Gasteiger partial charge in [-0.25, -0.2) is 0 Å². The number of hydrogen-bond donors (Lipinski definition) is 2. The molecule has 6 nitrogen and oxygen atoms in total. The molecule has 0 radical (unpaired) electrons. The molecule has 0 aromatic heterocycles. The van der Waals surface area contributed by atoms with Gasteiger partial charge in [-0.1, -0.05) is 12.1 Å². The number of amides is 1. The van der Waals surface area contributed by atoms with Gasteiger partial charge in [-0.05, 0) is 37.7 Å². The van der Waals surface area contributed by atoms with E-state index in [0.717, 1.165) is 23.7 Å². The van der Waals surface area contributed by atoms with Crippen LogP contribution in [0.5, 0.6) is 0 Å². The number of nitrogens with two attached hydrogens (primary N) is 1. The van der Waals surface area contributed by atoms with Crippen molar-refractivity contribution in [2.24, 2.45) is 5.73 Å². The number of nitrogens with zero attached hydrogens (tertiary/aromatic N) is 1. The SMILES string of the molecule is CNC.NCc1ccc2c(c1)CN(C(C=O)CCC=O)C2=O. The van der Waals surface area contributed by atoms with Gasteiger partial charge in [-0.3, -0.25) is 4.79 Å². The van der Waals surface area contributed by atoms with E-state index in [2.05, 4.69) is 5.32 Å². The number of aldehydes is 2. The molecule has 2 rings (SSSR count). The predicted octanol–water partition coefficient (Wildman–Crippen LogP) is 0.483. The number of rotatable bonds is 6. The topological polar surface area (TPSA) is 92.5 Å². The molecular formula is C16H23N3O3. The minimum absolute atomic E-state index is 0.151. The number of carbonyl (C=O) groups is 3. The maximum atomic E-state index is 12.2. The normalized spacial score (nSPS) is 14.0. The highest BCUT2D eigenvalue weighted by molar-refractivity contribution is 5.99. The van der Waals surface area contributed by atoms with Crippen molar-refractivity contribution in [2.45, 2.75) is 32.0 Å². The Morgan fingerprint density at radius 2 is 2.05 bits per heavy atom. The molecule has 1 aromatic carbocycles. The van der Waals surface area contributed by atoms with E-state index in [4.69, 9.17) is 5.73 Å². The first kappa shape index (κ1) is 18.0. The summed E-state index contributed by atoms with van der Waals surface area (Å²) in [6, 6.07) is 4.93. The molecule has 1 aromatic rings. The lowest BCUT2D eigenvalue weighted by Gasteiger charge is -2.22. The molecule has 1 heterocycles. The summed E-state index contributed by atoms with van der Waals surface area (Å²) in [5.74, 6) is -0.151. The molecular weight excluding hydrogens is 282 g/mol. The zero-order valence-corrected chi connectivity index (χ0v) is 13.0. The van der Waals surface area contributed by atoms with Crippen LogP contribution in [0.3, 0.4) is 0 Å². The van der Waals surface area contributed by atoms with Gasteiger partial charge in [0.1, 0.15) is 12.6 Å². The zero-order valence-electron chi connectivity index (χ0n) is 13.0. The van der Waals surface area contributed by atoms with Crippen LogP contribution >= 0.6 is 0 Å². The Hall–Kier alpha value is -2.05. The third kappa shape index (κ3) is 4.22. The average Bonchev–Trinajstić information content (AvgIpc) is 2.85. The first-order valence-corrected chi connectivity index (χ1v) is 7.23. The third-order valence-electron chi connectivity index (χ3n) is 3.38. The molecule has 0 bridgehead atoms. The third-order valence-corrected chi connectivity index (χ3v) is 3.38. The van der Waals surface area contributed by atoms with Gasteiger partial charge in [0, 0.05) is 25.1 Å². The lowest BCUT2D eigenvalue weighted by Crippen LogP contribution is -2.36. The standard InChI is InChI=1S/C14H16N2O3.C2H7N/c15-7-10-3-4-13-11(6-10)8-16(14(13)19)12(9-18)2-1-5-17;1-3-2/h3-6,9,12H,1-2,7-8,15H2;3H,1-2H3. The summed E-state index contributed by atoms with van der Waals surface area (Å²) in [6.07, 6.45) is 2.14. The van der Waals surface area contributed by atoms with Crippen molar-refractivity contribution in [1.82, 2.24) is 10.2 Å². The van der Waals surface area contributed by atoms with E-state index in [-0.39, 0.29) is 12.3 Å². The van der Waals surface area contributed by atoms with Crippen molar-refractivity contribution in [3.05, 3.63) is 34.9 Å². The Balaban J connectivity index is 0.000000745. The van der Waals surface area contributed by atoms with Gasteiger partial charge < -0.3 is 25.5 Å². The highest BCUT2D eigenvalue weighted by atomic mass is 16.2. The first-order chi connectivity index (χ1) is 10.6. The predicted molar refractivity (Wildman–Crippen MR) is 84.3 cm³/mol. The summed E-state index contributed by atoms with van der Waals surface area (Å²) in [4.78, 5) is 35.2. The van der Waals surface area contributed by atoms with Gasteiger partial charge >= 0.3 is 0 Å². The number of carbonyl (C=O) groups excluding carboxylic acids is 3. The average molecular weight is 305 g/mol. The second-order valence-corrected chi connectivity index (χ2v) is 5.08. The van der Waals surface area contributed by atoms with E-state index in [0.29, 0.717) is 25.1 Å². The van der Waals surface area contributed by atoms with Crippen molar-refractivity contribution in [2.75, 3.05) is 14.1 Å². The van der Waals surface area contributed by atoms with E-state index < -0.39 is 6.04 Å². The Bertz CT molecular complexity index is 531. The second-order valence-electron chi connectivity index (χ2n) is 5.08. The van der Waals surface area contributed by atoms with E-state index >= 15 is 0 Å². The highest BCUT2D eigenvalue weighted by Crippen LogP contribution is 2.26. The van der Waals surface area contributed by atoms with Crippen molar-refractivity contribution >= 4 is 18.5 Å². The smallest absolute Gasteiger partial charge is 0.255 e. The summed E-state index contributed by atoms with van der Waals surface area (Å²) in [6.45, 7) is 0.827. The molecule has 6 heteroatoms. The van der Waals surface area contributed by atoms with Gasteiger partial charge in [0.15, 0.2) is 0 Å². The minimum atomic E-state index is -0.536. The van der Waals surface area contributed by atoms with Gasteiger partial charge in [-0.2, -0.15) is 0 Å². The van der Waals surface area contributed by atoms with Crippen LogP contribution in [-0.2, 0) is 22.7 Å². The Morgan fingerprint density at radius 3 is 2.59 bits per heavy atom. The molecule has 1 aliphatic rings. The Kier molecular flexibility index (Phi) is 7.42. The fraction of sp³-hybridized carbons (Fsp3) is 0.438. The molecule has 1 unspecified atom stereocenters. The molecule has 3 N–H and O–H groups in total. The van der Waals surface area contributed by atoms with Crippen molar-refractivity contribution in [3.63, 3.8) is 0 Å². The number of fused-ring (bicyclic) bond motifs is 1. The molecule has 1 atom stereocenters. The van der Waals surface area contributed by atoms with Crippen LogP contribution in [0.2, 0.25) is 0 Å². The van der Waals surface area contributed by atoms with Gasteiger partial charge in [-0.15, -0.1) is 0 Å². The Labute approximate surface area is 130 Å². The molecule has 0 fully saturated rings. The lowest BCUT2D eigenvalue weighted by atomic mass is 10.1. The molecule has 0 spiro atoms. The van der Waals surface area contributed by atoms with E-state index in [1.54, 1.807) is 6.07 Å². The van der Waals surface area contributed by atoms with Crippen LogP contribution in [0, 0.1) is 0 Å². The zero-order chi connectivity index (χ0) is 16.5. The second kappa shape index (κ2) is 9.07. The van der Waals surface area contributed by atoms with Crippen molar-refractivity contribution in [1.29, 1.82) is 0 Å². The lowest BCUT2D eigenvalue weighted by molar-refractivity contribution is -0.112. The van der Waals surface area contributed by atoms with E-state index in [9.17, 15) is 14.4 Å². The maximum absolute atomic E-state index is 12.2. The monoisotopic (exact) mass is 305 g/mol. The molecule has 0 saturated carbocycles. The summed E-state index contributed by atoms with van der Waals surface area (Å²) in [5.41, 5.74) is 8.05. The quantitative estimate of drug-likeness (QED) is 0.746. The molecule has 0 aliphatic carbocycles. The van der Waals surface area contributed by atoms with Crippen molar-refractivity contribution < 1.29 is 14.4 Å². The molecule has 1 amide bonds. The van der Waals surface area contributed by atoms with Crippen LogP contribution in [0.4, 0.5) is 0 Å². The highest BCUT2D eigenvalue weighted by Gasteiger charge is 2.32. The fourth-order valence-corrected chi connectivity index (χ4v) is 2.33. The summed E-state index contributed by atoms with van der Waals surface area (Å²) in [7, 11) is 3.75. The van der Waals surface area contributed by atoms with Crippen molar-refractivity contribution in [3.8, 4) is 0 Å². The fourth-order valence-electron chi connectivity index (χ4n) is 2.33. The van der Waals surface area contributed by atoms with Crippen LogP contribution < -0.4 is 11.1 Å². The van der Waals surface area contributed by atoms with Gasteiger partial charge in [0.25, 0.3) is 5.91 Å². The number of nitrogens with one attached hydrogen (secondary N) is 1. The van der Waals surface area contributed by atoms with Crippen LogP contribution in [-0.4, -0.2) is 43.5 Å².